The van der Waals surface area contributed by atoms with Crippen molar-refractivity contribution >= 4 is 28.0 Å². The van der Waals surface area contributed by atoms with Crippen molar-refractivity contribution in [1.82, 2.24) is 4.98 Å². The highest BCUT2D eigenvalue weighted by Gasteiger charge is 2.08. The lowest BCUT2D eigenvalue weighted by Gasteiger charge is -2.12. The van der Waals surface area contributed by atoms with Gasteiger partial charge < -0.3 is 11.1 Å². The lowest BCUT2D eigenvalue weighted by molar-refractivity contribution is 0.631. The van der Waals surface area contributed by atoms with Crippen molar-refractivity contribution in [2.24, 2.45) is 0 Å². The van der Waals surface area contributed by atoms with Crippen LogP contribution in [0.4, 0.5) is 21.5 Å². The van der Waals surface area contributed by atoms with Crippen LogP contribution in [-0.4, -0.2) is 4.98 Å². The molecule has 0 atom stereocenters. The van der Waals surface area contributed by atoms with Gasteiger partial charge in [-0.05, 0) is 42.5 Å². The second-order valence-corrected chi connectivity index (χ2v) is 4.53. The number of benzene rings is 2. The Hall–Kier alpha value is -3.13. The number of rotatable bonds is 2. The predicted octanol–water partition coefficient (Wildman–Crippen LogP) is 3.57. The summed E-state index contributed by atoms with van der Waals surface area (Å²) < 4.78 is 13.9. The predicted molar refractivity (Wildman–Crippen MR) is 80.6 cm³/mol. The topological polar surface area (TPSA) is 74.7 Å². The number of nitrogens with zero attached hydrogens (tertiary/aromatic N) is 2. The van der Waals surface area contributed by atoms with Crippen LogP contribution in [0.25, 0.3) is 10.9 Å². The van der Waals surface area contributed by atoms with E-state index in [1.54, 1.807) is 24.4 Å². The number of nitriles is 1. The summed E-state index contributed by atoms with van der Waals surface area (Å²) >= 11 is 0. The van der Waals surface area contributed by atoms with E-state index in [0.29, 0.717) is 11.4 Å². The minimum Gasteiger partial charge on any atom is -0.396 e. The van der Waals surface area contributed by atoms with Gasteiger partial charge in [-0.3, -0.25) is 4.98 Å². The first-order valence-electron chi connectivity index (χ1n) is 6.29. The Labute approximate surface area is 120 Å². The molecule has 4 nitrogen and oxygen atoms in total. The third-order valence-electron chi connectivity index (χ3n) is 3.19. The van der Waals surface area contributed by atoms with Gasteiger partial charge in [-0.15, -0.1) is 0 Å². The molecule has 3 aromatic rings. The number of nitrogens with two attached hydrogens (primary N) is 1. The van der Waals surface area contributed by atoms with Crippen LogP contribution in [0.15, 0.2) is 48.7 Å². The number of anilines is 3. The van der Waals surface area contributed by atoms with Gasteiger partial charge in [0.1, 0.15) is 5.82 Å². The molecule has 5 heteroatoms. The Bertz CT molecular complexity index is 868. The third kappa shape index (κ3) is 2.35. The monoisotopic (exact) mass is 278 g/mol. The number of nitrogens with one attached hydrogen (secondary N) is 1. The third-order valence-corrected chi connectivity index (χ3v) is 3.19. The zero-order valence-electron chi connectivity index (χ0n) is 11.0. The van der Waals surface area contributed by atoms with E-state index in [9.17, 15) is 4.39 Å². The second kappa shape index (κ2) is 5.10. The first-order valence-corrected chi connectivity index (χ1v) is 6.29. The van der Waals surface area contributed by atoms with Crippen molar-refractivity contribution in [3.05, 3.63) is 60.0 Å². The molecule has 1 aromatic heterocycles. The quantitative estimate of drug-likeness (QED) is 0.703. The van der Waals surface area contributed by atoms with E-state index < -0.39 is 5.82 Å². The van der Waals surface area contributed by atoms with Crippen molar-refractivity contribution in [1.29, 1.82) is 5.26 Å². The highest BCUT2D eigenvalue weighted by molar-refractivity contribution is 5.97. The lowest BCUT2D eigenvalue weighted by atomic mass is 10.1. The maximum Gasteiger partial charge on any atom is 0.147 e. The summed E-state index contributed by atoms with van der Waals surface area (Å²) in [5, 5.41) is 12.5. The van der Waals surface area contributed by atoms with Crippen LogP contribution >= 0.6 is 0 Å². The Morgan fingerprint density at radius 1 is 1.14 bits per heavy atom. The van der Waals surface area contributed by atoms with E-state index >= 15 is 0 Å². The molecule has 3 rings (SSSR count). The molecule has 0 fully saturated rings. The van der Waals surface area contributed by atoms with E-state index in [-0.39, 0.29) is 11.3 Å². The van der Waals surface area contributed by atoms with Crippen LogP contribution in [0.5, 0.6) is 0 Å². The average Bonchev–Trinajstić information content (AvgIpc) is 2.52. The molecule has 0 unspecified atom stereocenters. The number of pyridine rings is 1. The molecule has 0 saturated heterocycles. The maximum absolute atomic E-state index is 13.9. The number of halogens is 1. The molecule has 1 heterocycles. The fourth-order valence-corrected chi connectivity index (χ4v) is 2.12. The van der Waals surface area contributed by atoms with Crippen molar-refractivity contribution < 1.29 is 4.39 Å². The summed E-state index contributed by atoms with van der Waals surface area (Å²) in [7, 11) is 0. The highest BCUT2D eigenvalue weighted by atomic mass is 19.1. The van der Waals surface area contributed by atoms with Crippen molar-refractivity contribution in [2.75, 3.05) is 11.1 Å². The lowest BCUT2D eigenvalue weighted by Crippen LogP contribution is -1.99. The Balaban J connectivity index is 2.02. The number of aromatic nitrogens is 1. The minimum atomic E-state index is -0.500. The van der Waals surface area contributed by atoms with Gasteiger partial charge >= 0.3 is 0 Å². The molecule has 21 heavy (non-hydrogen) atoms. The molecule has 2 aromatic carbocycles. The van der Waals surface area contributed by atoms with E-state index in [4.69, 9.17) is 11.0 Å². The molecule has 0 bridgehead atoms. The smallest absolute Gasteiger partial charge is 0.147 e. The van der Waals surface area contributed by atoms with Crippen molar-refractivity contribution in [3.8, 4) is 6.07 Å². The van der Waals surface area contributed by atoms with Gasteiger partial charge in [0.05, 0.1) is 34.2 Å². The summed E-state index contributed by atoms with van der Waals surface area (Å²) in [5.74, 6) is -0.500. The van der Waals surface area contributed by atoms with Gasteiger partial charge in [-0.1, -0.05) is 0 Å². The molecule has 0 spiro atoms. The number of nitrogen functional groups attached to an aromatic ring is 1. The SMILES string of the molecule is N#Cc1ccc(Nc2ccc3ncccc3c2N)c(F)c1. The van der Waals surface area contributed by atoms with E-state index in [2.05, 4.69) is 10.3 Å². The highest BCUT2D eigenvalue weighted by Crippen LogP contribution is 2.30. The maximum atomic E-state index is 13.9. The summed E-state index contributed by atoms with van der Waals surface area (Å²) in [4.78, 5) is 4.21. The first-order chi connectivity index (χ1) is 10.2. The van der Waals surface area contributed by atoms with Gasteiger partial charge in [0.25, 0.3) is 0 Å². The molecule has 0 aliphatic heterocycles. The van der Waals surface area contributed by atoms with E-state index in [1.807, 2.05) is 18.2 Å². The van der Waals surface area contributed by atoms with Gasteiger partial charge in [-0.2, -0.15) is 5.26 Å². The zero-order chi connectivity index (χ0) is 14.8. The standard InChI is InChI=1S/C16H11FN4/c17-12-8-10(9-18)3-4-14(12)21-15-6-5-13-11(16(15)19)2-1-7-20-13/h1-8,21H,19H2. The molecular formula is C16H11FN4. The van der Waals surface area contributed by atoms with Crippen LogP contribution in [0.1, 0.15) is 5.56 Å². The molecule has 0 saturated carbocycles. The summed E-state index contributed by atoms with van der Waals surface area (Å²) in [6, 6.07) is 13.4. The normalized spacial score (nSPS) is 10.3. The van der Waals surface area contributed by atoms with Gasteiger partial charge in [0, 0.05) is 11.6 Å². The van der Waals surface area contributed by atoms with Crippen molar-refractivity contribution in [3.63, 3.8) is 0 Å². The van der Waals surface area contributed by atoms with Gasteiger partial charge in [-0.25, -0.2) is 4.39 Å². The van der Waals surface area contributed by atoms with Crippen molar-refractivity contribution in [2.45, 2.75) is 0 Å². The Morgan fingerprint density at radius 3 is 2.71 bits per heavy atom. The average molecular weight is 278 g/mol. The van der Waals surface area contributed by atoms with Crippen LogP contribution < -0.4 is 11.1 Å². The van der Waals surface area contributed by atoms with Crippen LogP contribution in [0.3, 0.4) is 0 Å². The largest absolute Gasteiger partial charge is 0.396 e. The molecule has 0 radical (unpaired) electrons. The van der Waals surface area contributed by atoms with Gasteiger partial charge in [0.15, 0.2) is 0 Å². The molecule has 3 N–H and O–H groups in total. The molecule has 0 aliphatic carbocycles. The van der Waals surface area contributed by atoms with Crippen LogP contribution in [0, 0.1) is 17.1 Å². The van der Waals surface area contributed by atoms with Crippen LogP contribution in [-0.2, 0) is 0 Å². The Morgan fingerprint density at radius 2 is 1.95 bits per heavy atom. The van der Waals surface area contributed by atoms with E-state index in [1.165, 1.54) is 12.1 Å². The number of fused-ring (bicyclic) bond motifs is 1. The minimum absolute atomic E-state index is 0.268. The van der Waals surface area contributed by atoms with E-state index in [0.717, 1.165) is 10.9 Å². The molecule has 0 aliphatic rings. The fourth-order valence-electron chi connectivity index (χ4n) is 2.12. The van der Waals surface area contributed by atoms with Gasteiger partial charge in [0.2, 0.25) is 0 Å². The summed E-state index contributed by atoms with van der Waals surface area (Å²) in [5.41, 5.74) is 8.51. The number of hydrogen-bond acceptors (Lipinski definition) is 4. The summed E-state index contributed by atoms with van der Waals surface area (Å²) in [6.45, 7) is 0. The summed E-state index contributed by atoms with van der Waals surface area (Å²) in [6.07, 6.45) is 1.69. The first kappa shape index (κ1) is 12.9. The number of hydrogen-bond donors (Lipinski definition) is 2. The zero-order valence-corrected chi connectivity index (χ0v) is 11.0. The second-order valence-electron chi connectivity index (χ2n) is 4.53. The van der Waals surface area contributed by atoms with Crippen LogP contribution in [0.2, 0.25) is 0 Å². The molecule has 102 valence electrons. The fraction of sp³-hybridized carbons (Fsp3) is 0. The molecular weight excluding hydrogens is 267 g/mol. The Kier molecular flexibility index (Phi) is 3.13. The molecule has 0 amide bonds.